The van der Waals surface area contributed by atoms with Crippen LogP contribution in [0.3, 0.4) is 0 Å². The highest BCUT2D eigenvalue weighted by Crippen LogP contribution is 2.08. The molecule has 0 fully saturated rings. The van der Waals surface area contributed by atoms with Crippen molar-refractivity contribution in [2.75, 3.05) is 19.6 Å². The SMILES string of the molecule is C=CCNCC(=O)NCCc1ccc(S(N)(=O)=O)cc1. The predicted octanol–water partition coefficient (Wildman–Crippen LogP) is -0.232. The van der Waals surface area contributed by atoms with Gasteiger partial charge in [0.2, 0.25) is 15.9 Å². The summed E-state index contributed by atoms with van der Waals surface area (Å²) in [6, 6.07) is 6.28. The lowest BCUT2D eigenvalue weighted by Crippen LogP contribution is -2.34. The van der Waals surface area contributed by atoms with Gasteiger partial charge in [-0.1, -0.05) is 18.2 Å². The topological polar surface area (TPSA) is 101 Å². The number of sulfonamides is 1. The third-order valence-corrected chi connectivity index (χ3v) is 3.49. The number of primary sulfonamides is 1. The molecule has 0 spiro atoms. The van der Waals surface area contributed by atoms with E-state index in [-0.39, 0.29) is 17.3 Å². The smallest absolute Gasteiger partial charge is 0.238 e. The molecule has 4 N–H and O–H groups in total. The summed E-state index contributed by atoms with van der Waals surface area (Å²) in [5, 5.41) is 10.7. The van der Waals surface area contributed by atoms with Crippen molar-refractivity contribution in [3.8, 4) is 0 Å². The monoisotopic (exact) mass is 297 g/mol. The molecule has 0 saturated heterocycles. The van der Waals surface area contributed by atoms with E-state index in [0.29, 0.717) is 19.5 Å². The number of nitrogens with one attached hydrogen (secondary N) is 2. The summed E-state index contributed by atoms with van der Waals surface area (Å²) in [5.41, 5.74) is 0.928. The van der Waals surface area contributed by atoms with Crippen LogP contribution in [-0.2, 0) is 21.2 Å². The molecule has 0 aliphatic heterocycles. The molecule has 0 bridgehead atoms. The molecule has 0 unspecified atom stereocenters. The average Bonchev–Trinajstić information content (AvgIpc) is 2.38. The summed E-state index contributed by atoms with van der Waals surface area (Å²) in [6.07, 6.45) is 2.30. The molecule has 20 heavy (non-hydrogen) atoms. The Labute approximate surface area is 119 Å². The molecular formula is C13H19N3O3S. The van der Waals surface area contributed by atoms with E-state index in [0.717, 1.165) is 5.56 Å². The van der Waals surface area contributed by atoms with Gasteiger partial charge in [-0.05, 0) is 24.1 Å². The maximum absolute atomic E-state index is 11.4. The number of hydrogen-bond acceptors (Lipinski definition) is 4. The third-order valence-electron chi connectivity index (χ3n) is 2.56. The summed E-state index contributed by atoms with van der Waals surface area (Å²) in [4.78, 5) is 11.5. The molecule has 0 aliphatic rings. The Morgan fingerprint density at radius 3 is 2.50 bits per heavy atom. The summed E-state index contributed by atoms with van der Waals surface area (Å²) >= 11 is 0. The predicted molar refractivity (Wildman–Crippen MR) is 77.6 cm³/mol. The van der Waals surface area contributed by atoms with Gasteiger partial charge in [0.25, 0.3) is 0 Å². The van der Waals surface area contributed by atoms with Gasteiger partial charge in [0.1, 0.15) is 0 Å². The summed E-state index contributed by atoms with van der Waals surface area (Å²) in [5.74, 6) is -0.0898. The number of carbonyl (C=O) groups is 1. The molecule has 0 atom stereocenters. The maximum Gasteiger partial charge on any atom is 0.238 e. The first kappa shape index (κ1) is 16.4. The molecule has 0 aromatic heterocycles. The van der Waals surface area contributed by atoms with Gasteiger partial charge in [0, 0.05) is 13.1 Å². The van der Waals surface area contributed by atoms with E-state index in [1.165, 1.54) is 12.1 Å². The van der Waals surface area contributed by atoms with Crippen LogP contribution in [0.15, 0.2) is 41.8 Å². The number of hydrogen-bond donors (Lipinski definition) is 3. The lowest BCUT2D eigenvalue weighted by atomic mass is 10.1. The van der Waals surface area contributed by atoms with Crippen molar-refractivity contribution in [2.24, 2.45) is 5.14 Å². The van der Waals surface area contributed by atoms with E-state index >= 15 is 0 Å². The van der Waals surface area contributed by atoms with Gasteiger partial charge in [-0.15, -0.1) is 6.58 Å². The van der Waals surface area contributed by atoms with Crippen LogP contribution >= 0.6 is 0 Å². The Morgan fingerprint density at radius 1 is 1.30 bits per heavy atom. The second kappa shape index (κ2) is 7.78. The Kier molecular flexibility index (Phi) is 6.37. The van der Waals surface area contributed by atoms with E-state index in [2.05, 4.69) is 17.2 Å². The minimum atomic E-state index is -3.65. The van der Waals surface area contributed by atoms with Crippen molar-refractivity contribution in [3.05, 3.63) is 42.5 Å². The normalized spacial score (nSPS) is 11.1. The van der Waals surface area contributed by atoms with Crippen LogP contribution in [0, 0.1) is 0 Å². The van der Waals surface area contributed by atoms with E-state index in [4.69, 9.17) is 5.14 Å². The van der Waals surface area contributed by atoms with E-state index < -0.39 is 10.0 Å². The Morgan fingerprint density at radius 2 is 1.95 bits per heavy atom. The molecule has 0 aliphatic carbocycles. The molecule has 1 rings (SSSR count). The second-order valence-corrected chi connectivity index (χ2v) is 5.77. The zero-order chi connectivity index (χ0) is 15.0. The Bertz CT molecular complexity index is 553. The average molecular weight is 297 g/mol. The van der Waals surface area contributed by atoms with Crippen molar-refractivity contribution in [2.45, 2.75) is 11.3 Å². The van der Waals surface area contributed by atoms with Gasteiger partial charge in [0.15, 0.2) is 0 Å². The molecule has 1 amide bonds. The Hall–Kier alpha value is -1.70. The van der Waals surface area contributed by atoms with Crippen molar-refractivity contribution < 1.29 is 13.2 Å². The number of rotatable bonds is 8. The zero-order valence-corrected chi connectivity index (χ0v) is 11.9. The fourth-order valence-electron chi connectivity index (χ4n) is 1.54. The van der Waals surface area contributed by atoms with Crippen LogP contribution in [0.2, 0.25) is 0 Å². The number of benzene rings is 1. The van der Waals surface area contributed by atoms with E-state index in [1.807, 2.05) is 0 Å². The summed E-state index contributed by atoms with van der Waals surface area (Å²) < 4.78 is 22.2. The first-order valence-corrected chi connectivity index (χ1v) is 7.68. The second-order valence-electron chi connectivity index (χ2n) is 4.21. The standard InChI is InChI=1S/C13H19N3O3S/c1-2-8-15-10-13(17)16-9-7-11-3-5-12(6-4-11)20(14,18)19/h2-6,15H,1,7-10H2,(H,16,17)(H2,14,18,19). The van der Waals surface area contributed by atoms with Crippen molar-refractivity contribution in [3.63, 3.8) is 0 Å². The van der Waals surface area contributed by atoms with Crippen molar-refractivity contribution in [1.29, 1.82) is 0 Å². The molecule has 1 aromatic rings. The molecule has 0 heterocycles. The fourth-order valence-corrected chi connectivity index (χ4v) is 2.06. The highest BCUT2D eigenvalue weighted by molar-refractivity contribution is 7.89. The lowest BCUT2D eigenvalue weighted by Gasteiger charge is -2.06. The number of carbonyl (C=O) groups excluding carboxylic acids is 1. The minimum absolute atomic E-state index is 0.0823. The molecule has 6 nitrogen and oxygen atoms in total. The van der Waals surface area contributed by atoms with Gasteiger partial charge in [0.05, 0.1) is 11.4 Å². The van der Waals surface area contributed by atoms with Gasteiger partial charge < -0.3 is 10.6 Å². The van der Waals surface area contributed by atoms with Crippen LogP contribution in [0.4, 0.5) is 0 Å². The largest absolute Gasteiger partial charge is 0.355 e. The van der Waals surface area contributed by atoms with Crippen LogP contribution < -0.4 is 15.8 Å². The molecule has 0 saturated carbocycles. The Balaban J connectivity index is 2.35. The van der Waals surface area contributed by atoms with Gasteiger partial charge in [-0.25, -0.2) is 13.6 Å². The van der Waals surface area contributed by atoms with Crippen LogP contribution in [0.1, 0.15) is 5.56 Å². The first-order chi connectivity index (χ1) is 9.43. The fraction of sp³-hybridized carbons (Fsp3) is 0.308. The quantitative estimate of drug-likeness (QED) is 0.455. The molecule has 0 radical (unpaired) electrons. The van der Waals surface area contributed by atoms with E-state index in [9.17, 15) is 13.2 Å². The molecular weight excluding hydrogens is 278 g/mol. The highest BCUT2D eigenvalue weighted by atomic mass is 32.2. The molecule has 7 heteroatoms. The van der Waals surface area contributed by atoms with E-state index in [1.54, 1.807) is 18.2 Å². The maximum atomic E-state index is 11.4. The third kappa shape index (κ3) is 5.96. The van der Waals surface area contributed by atoms with Gasteiger partial charge in [-0.3, -0.25) is 4.79 Å². The first-order valence-electron chi connectivity index (χ1n) is 6.13. The lowest BCUT2D eigenvalue weighted by molar-refractivity contribution is -0.120. The summed E-state index contributed by atoms with van der Waals surface area (Å²) in [6.45, 7) is 4.86. The zero-order valence-electron chi connectivity index (χ0n) is 11.1. The van der Waals surface area contributed by atoms with Crippen molar-refractivity contribution in [1.82, 2.24) is 10.6 Å². The molecule has 110 valence electrons. The van der Waals surface area contributed by atoms with Gasteiger partial charge in [-0.2, -0.15) is 0 Å². The van der Waals surface area contributed by atoms with Crippen LogP contribution in [0.25, 0.3) is 0 Å². The van der Waals surface area contributed by atoms with Gasteiger partial charge >= 0.3 is 0 Å². The highest BCUT2D eigenvalue weighted by Gasteiger charge is 2.06. The number of amides is 1. The van der Waals surface area contributed by atoms with Crippen molar-refractivity contribution >= 4 is 15.9 Å². The number of nitrogens with two attached hydrogens (primary N) is 1. The molecule has 1 aromatic carbocycles. The van der Waals surface area contributed by atoms with Crippen LogP contribution in [-0.4, -0.2) is 34.0 Å². The van der Waals surface area contributed by atoms with Crippen LogP contribution in [0.5, 0.6) is 0 Å². The minimum Gasteiger partial charge on any atom is -0.355 e. The summed E-state index contributed by atoms with van der Waals surface area (Å²) in [7, 11) is -3.65.